The highest BCUT2D eigenvalue weighted by Crippen LogP contribution is 2.35. The van der Waals surface area contributed by atoms with Crippen molar-refractivity contribution < 1.29 is 17.9 Å². The third-order valence-corrected chi connectivity index (χ3v) is 5.46. The van der Waals surface area contributed by atoms with Crippen LogP contribution in [0.3, 0.4) is 0 Å². The molecule has 1 aliphatic heterocycles. The number of allylic oxidation sites excluding steroid dienone is 1. The van der Waals surface area contributed by atoms with Gasteiger partial charge in [-0.05, 0) is 78.8 Å². The van der Waals surface area contributed by atoms with Crippen LogP contribution in [0.1, 0.15) is 17.4 Å². The molecule has 1 aromatic heterocycles. The maximum absolute atomic E-state index is 13.5. The second-order valence-electron chi connectivity index (χ2n) is 7.84. The van der Waals surface area contributed by atoms with Crippen molar-refractivity contribution in [1.29, 1.82) is 0 Å². The van der Waals surface area contributed by atoms with E-state index in [4.69, 9.17) is 9.15 Å². The fourth-order valence-corrected chi connectivity index (χ4v) is 3.89. The third kappa shape index (κ3) is 4.52. The summed E-state index contributed by atoms with van der Waals surface area (Å²) in [6.45, 7) is 0.612. The van der Waals surface area contributed by atoms with Gasteiger partial charge in [0, 0.05) is 17.1 Å². The summed E-state index contributed by atoms with van der Waals surface area (Å²) in [5.41, 5.74) is 3.58. The van der Waals surface area contributed by atoms with E-state index in [1.165, 1.54) is 24.3 Å². The van der Waals surface area contributed by atoms with E-state index in [-0.39, 0.29) is 17.7 Å². The lowest BCUT2D eigenvalue weighted by molar-refractivity contribution is 0.432. The van der Waals surface area contributed by atoms with E-state index in [1.807, 2.05) is 25.3 Å². The monoisotopic (exact) mass is 444 g/mol. The molecular formula is C27H22F2N2O2. The SMILES string of the molecule is CNCc1cc2cc(C3C=CC(Oc4ccc(F)cc4)=CN3)cc(-c3ccc(F)cc3)c2o1. The van der Waals surface area contributed by atoms with E-state index in [9.17, 15) is 8.78 Å². The Labute approximate surface area is 190 Å². The van der Waals surface area contributed by atoms with Crippen LogP contribution in [0, 0.1) is 11.6 Å². The molecular weight excluding hydrogens is 422 g/mol. The number of benzene rings is 3. The van der Waals surface area contributed by atoms with Crippen molar-refractivity contribution in [3.63, 3.8) is 0 Å². The largest absolute Gasteiger partial charge is 0.459 e. The Hall–Kier alpha value is -3.90. The molecule has 166 valence electrons. The highest BCUT2D eigenvalue weighted by atomic mass is 19.1. The number of fused-ring (bicyclic) bond motifs is 1. The quantitative estimate of drug-likeness (QED) is 0.371. The van der Waals surface area contributed by atoms with Gasteiger partial charge in [0.25, 0.3) is 0 Å². The van der Waals surface area contributed by atoms with Crippen molar-refractivity contribution in [3.8, 4) is 16.9 Å². The van der Waals surface area contributed by atoms with Gasteiger partial charge >= 0.3 is 0 Å². The number of hydrogen-bond donors (Lipinski definition) is 2. The summed E-state index contributed by atoms with van der Waals surface area (Å²) >= 11 is 0. The Morgan fingerprint density at radius 3 is 2.36 bits per heavy atom. The minimum atomic E-state index is -0.307. The number of hydrogen-bond acceptors (Lipinski definition) is 4. The molecule has 4 nitrogen and oxygen atoms in total. The van der Waals surface area contributed by atoms with Crippen LogP contribution in [0.4, 0.5) is 8.78 Å². The summed E-state index contributed by atoms with van der Waals surface area (Å²) in [7, 11) is 1.87. The van der Waals surface area contributed by atoms with Crippen LogP contribution in [0.15, 0.2) is 95.3 Å². The zero-order valence-electron chi connectivity index (χ0n) is 17.9. The summed E-state index contributed by atoms with van der Waals surface area (Å²) in [4.78, 5) is 0. The first-order chi connectivity index (χ1) is 16.1. The molecule has 0 radical (unpaired) electrons. The number of dihydropyridines is 1. The van der Waals surface area contributed by atoms with Crippen LogP contribution in [0.2, 0.25) is 0 Å². The Balaban J connectivity index is 1.45. The molecule has 1 atom stereocenters. The van der Waals surface area contributed by atoms with Crippen LogP contribution in [0.5, 0.6) is 5.75 Å². The molecule has 0 bridgehead atoms. The minimum Gasteiger partial charge on any atom is -0.459 e. The van der Waals surface area contributed by atoms with Crippen molar-refractivity contribution in [3.05, 3.63) is 114 Å². The summed E-state index contributed by atoms with van der Waals surface area (Å²) in [5.74, 6) is 1.42. The zero-order valence-corrected chi connectivity index (χ0v) is 17.9. The Bertz CT molecular complexity index is 1340. The lowest BCUT2D eigenvalue weighted by Gasteiger charge is -2.20. The number of ether oxygens (including phenoxy) is 1. The van der Waals surface area contributed by atoms with Gasteiger partial charge in [-0.2, -0.15) is 0 Å². The molecule has 4 aromatic rings. The van der Waals surface area contributed by atoms with Gasteiger partial charge < -0.3 is 19.8 Å². The van der Waals surface area contributed by atoms with Gasteiger partial charge in [0.15, 0.2) is 0 Å². The molecule has 6 heteroatoms. The van der Waals surface area contributed by atoms with Gasteiger partial charge in [0.2, 0.25) is 0 Å². The molecule has 0 fully saturated rings. The van der Waals surface area contributed by atoms with Crippen LogP contribution in [-0.4, -0.2) is 7.05 Å². The molecule has 2 N–H and O–H groups in total. The maximum Gasteiger partial charge on any atom is 0.142 e. The summed E-state index contributed by atoms with van der Waals surface area (Å²) in [5, 5.41) is 7.44. The average molecular weight is 444 g/mol. The lowest BCUT2D eigenvalue weighted by Crippen LogP contribution is -2.18. The molecule has 0 aliphatic carbocycles. The Kier molecular flexibility index (Phi) is 5.67. The zero-order chi connectivity index (χ0) is 22.8. The van der Waals surface area contributed by atoms with Crippen LogP contribution in [-0.2, 0) is 6.54 Å². The van der Waals surface area contributed by atoms with E-state index < -0.39 is 0 Å². The smallest absolute Gasteiger partial charge is 0.142 e. The number of furan rings is 1. The lowest BCUT2D eigenvalue weighted by atomic mass is 9.96. The summed E-state index contributed by atoms with van der Waals surface area (Å²) < 4.78 is 38.5. The predicted molar refractivity (Wildman–Crippen MR) is 124 cm³/mol. The molecule has 2 heterocycles. The van der Waals surface area contributed by atoms with Crippen molar-refractivity contribution >= 4 is 11.0 Å². The maximum atomic E-state index is 13.5. The first-order valence-corrected chi connectivity index (χ1v) is 10.6. The van der Waals surface area contributed by atoms with Gasteiger partial charge in [-0.15, -0.1) is 0 Å². The first-order valence-electron chi connectivity index (χ1n) is 10.6. The van der Waals surface area contributed by atoms with Gasteiger partial charge in [-0.1, -0.05) is 18.2 Å². The number of rotatable bonds is 6. The highest BCUT2D eigenvalue weighted by Gasteiger charge is 2.17. The van der Waals surface area contributed by atoms with E-state index in [0.29, 0.717) is 18.1 Å². The minimum absolute atomic E-state index is 0.0863. The van der Waals surface area contributed by atoms with E-state index in [0.717, 1.165) is 33.4 Å². The van der Waals surface area contributed by atoms with Gasteiger partial charge in [-0.25, -0.2) is 8.78 Å². The number of nitrogens with one attached hydrogen (secondary N) is 2. The topological polar surface area (TPSA) is 46.4 Å². The highest BCUT2D eigenvalue weighted by molar-refractivity contribution is 5.93. The van der Waals surface area contributed by atoms with E-state index >= 15 is 0 Å². The molecule has 0 amide bonds. The fraction of sp³-hybridized carbons (Fsp3) is 0.111. The van der Waals surface area contributed by atoms with E-state index in [1.54, 1.807) is 30.5 Å². The molecule has 0 saturated carbocycles. The normalized spacial score (nSPS) is 15.4. The third-order valence-electron chi connectivity index (χ3n) is 5.46. The average Bonchev–Trinajstić information content (AvgIpc) is 3.24. The first kappa shape index (κ1) is 21.0. The molecule has 0 spiro atoms. The van der Waals surface area contributed by atoms with Crippen LogP contribution in [0.25, 0.3) is 22.1 Å². The standard InChI is InChI=1S/C27H22F2N2O2/c1-30-15-24-13-19-12-18(14-25(27(19)33-24)17-2-4-20(28)5-3-17)26-11-10-23(16-31-26)32-22-8-6-21(29)7-9-22/h2-14,16,26,30-31H,15H2,1H3. The van der Waals surface area contributed by atoms with Gasteiger partial charge in [0.1, 0.15) is 34.5 Å². The number of halogens is 2. The van der Waals surface area contributed by atoms with Crippen molar-refractivity contribution in [1.82, 2.24) is 10.6 Å². The molecule has 33 heavy (non-hydrogen) atoms. The molecule has 1 unspecified atom stereocenters. The fourth-order valence-electron chi connectivity index (χ4n) is 3.89. The van der Waals surface area contributed by atoms with E-state index in [2.05, 4.69) is 22.8 Å². The van der Waals surface area contributed by atoms with Crippen molar-refractivity contribution in [2.45, 2.75) is 12.6 Å². The van der Waals surface area contributed by atoms with Crippen LogP contribution >= 0.6 is 0 Å². The van der Waals surface area contributed by atoms with Gasteiger partial charge in [0.05, 0.1) is 12.6 Å². The molecule has 3 aromatic carbocycles. The second kappa shape index (κ2) is 8.92. The summed E-state index contributed by atoms with van der Waals surface area (Å²) in [6, 6.07) is 18.4. The van der Waals surface area contributed by atoms with Crippen molar-refractivity contribution in [2.75, 3.05) is 7.05 Å². The molecule has 5 rings (SSSR count). The molecule has 0 saturated heterocycles. The van der Waals surface area contributed by atoms with Gasteiger partial charge in [-0.3, -0.25) is 0 Å². The van der Waals surface area contributed by atoms with Crippen molar-refractivity contribution in [2.24, 2.45) is 0 Å². The predicted octanol–water partition coefficient (Wildman–Crippen LogP) is 6.22. The second-order valence-corrected chi connectivity index (χ2v) is 7.84. The Morgan fingerprint density at radius 2 is 1.70 bits per heavy atom. The Morgan fingerprint density at radius 1 is 0.970 bits per heavy atom. The van der Waals surface area contributed by atoms with Crippen LogP contribution < -0.4 is 15.4 Å². The summed E-state index contributed by atoms with van der Waals surface area (Å²) in [6.07, 6.45) is 5.68. The molecule has 1 aliphatic rings.